The number of aromatic nitrogens is 1. The molecule has 0 radical (unpaired) electrons. The van der Waals surface area contributed by atoms with E-state index in [1.54, 1.807) is 6.20 Å². The maximum absolute atomic E-state index is 10.2. The number of nitrogens with zero attached hydrogens (tertiary/aromatic N) is 1. The van der Waals surface area contributed by atoms with Gasteiger partial charge in [0.2, 0.25) is 0 Å². The number of aliphatic hydroxyl groups is 1. The van der Waals surface area contributed by atoms with Crippen molar-refractivity contribution in [2.45, 2.75) is 37.7 Å². The first-order chi connectivity index (χ1) is 8.84. The summed E-state index contributed by atoms with van der Waals surface area (Å²) in [7, 11) is 0. The summed E-state index contributed by atoms with van der Waals surface area (Å²) >= 11 is 1.54. The zero-order chi connectivity index (χ0) is 12.4. The summed E-state index contributed by atoms with van der Waals surface area (Å²) in [5.41, 5.74) is 2.89. The largest absolute Gasteiger partial charge is 0.386 e. The highest BCUT2D eigenvalue weighted by molar-refractivity contribution is 7.09. The average Bonchev–Trinajstić information content (AvgIpc) is 2.93. The lowest BCUT2D eigenvalue weighted by molar-refractivity contribution is 0.153. The second-order valence-electron chi connectivity index (χ2n) is 4.91. The summed E-state index contributed by atoms with van der Waals surface area (Å²) in [6, 6.07) is 8.65. The van der Waals surface area contributed by atoms with E-state index in [2.05, 4.69) is 29.2 Å². The minimum absolute atomic E-state index is 0.416. The van der Waals surface area contributed by atoms with Crippen molar-refractivity contribution in [3.05, 3.63) is 52.0 Å². The highest BCUT2D eigenvalue weighted by Gasteiger charge is 2.23. The zero-order valence-electron chi connectivity index (χ0n) is 10.2. The van der Waals surface area contributed by atoms with Gasteiger partial charge in [-0.1, -0.05) is 24.3 Å². The molecule has 0 saturated carbocycles. The number of hydrogen-bond acceptors (Lipinski definition) is 3. The standard InChI is InChI=1S/C15H17NOS/c17-14(15-16-8-9-18-15)10-12-6-3-5-11-4-1-2-7-13(11)12/h1-2,4,7-9,12,14,17H,3,5-6,10H2. The van der Waals surface area contributed by atoms with Crippen molar-refractivity contribution >= 4 is 11.3 Å². The Hall–Kier alpha value is -1.19. The van der Waals surface area contributed by atoms with Crippen LogP contribution in [0.3, 0.4) is 0 Å². The molecule has 0 fully saturated rings. The van der Waals surface area contributed by atoms with Crippen molar-refractivity contribution in [2.24, 2.45) is 0 Å². The molecule has 0 spiro atoms. The van der Waals surface area contributed by atoms with Crippen LogP contribution in [0, 0.1) is 0 Å². The minimum atomic E-state index is -0.416. The van der Waals surface area contributed by atoms with Crippen LogP contribution in [0.15, 0.2) is 35.8 Å². The average molecular weight is 259 g/mol. The summed E-state index contributed by atoms with van der Waals surface area (Å²) < 4.78 is 0. The van der Waals surface area contributed by atoms with Crippen molar-refractivity contribution in [3.8, 4) is 0 Å². The normalized spacial score (nSPS) is 20.4. The minimum Gasteiger partial charge on any atom is -0.386 e. The molecule has 3 rings (SSSR count). The lowest BCUT2D eigenvalue weighted by Gasteiger charge is -2.26. The monoisotopic (exact) mass is 259 g/mol. The van der Waals surface area contributed by atoms with Crippen LogP contribution in [0.2, 0.25) is 0 Å². The Morgan fingerprint density at radius 2 is 2.28 bits per heavy atom. The Bertz CT molecular complexity index is 509. The highest BCUT2D eigenvalue weighted by atomic mass is 32.1. The second-order valence-corrected chi connectivity index (χ2v) is 5.84. The molecule has 1 aromatic heterocycles. The molecule has 0 amide bonds. The van der Waals surface area contributed by atoms with Crippen LogP contribution in [0.25, 0.3) is 0 Å². The van der Waals surface area contributed by atoms with Gasteiger partial charge in [0.1, 0.15) is 11.1 Å². The fourth-order valence-electron chi connectivity index (χ4n) is 2.87. The van der Waals surface area contributed by atoms with Crippen LogP contribution in [0.1, 0.15) is 47.4 Å². The van der Waals surface area contributed by atoms with Gasteiger partial charge in [-0.3, -0.25) is 0 Å². The number of fused-ring (bicyclic) bond motifs is 1. The van der Waals surface area contributed by atoms with Crippen molar-refractivity contribution in [1.29, 1.82) is 0 Å². The van der Waals surface area contributed by atoms with Crippen LogP contribution in [0.4, 0.5) is 0 Å². The fraction of sp³-hybridized carbons (Fsp3) is 0.400. The molecule has 1 aromatic carbocycles. The smallest absolute Gasteiger partial charge is 0.121 e. The number of benzene rings is 1. The third-order valence-electron chi connectivity index (χ3n) is 3.74. The molecule has 0 aliphatic heterocycles. The first-order valence-corrected chi connectivity index (χ1v) is 7.38. The Labute approximate surface area is 111 Å². The Morgan fingerprint density at radius 1 is 1.39 bits per heavy atom. The van der Waals surface area contributed by atoms with Gasteiger partial charge in [0, 0.05) is 11.6 Å². The van der Waals surface area contributed by atoms with Crippen LogP contribution in [0.5, 0.6) is 0 Å². The van der Waals surface area contributed by atoms with E-state index in [0.717, 1.165) is 11.4 Å². The zero-order valence-corrected chi connectivity index (χ0v) is 11.1. The molecule has 18 heavy (non-hydrogen) atoms. The Kier molecular flexibility index (Phi) is 3.43. The third kappa shape index (κ3) is 2.33. The molecule has 2 atom stereocenters. The summed E-state index contributed by atoms with van der Waals surface area (Å²) in [5, 5.41) is 13.0. The first kappa shape index (κ1) is 11.9. The first-order valence-electron chi connectivity index (χ1n) is 6.50. The summed E-state index contributed by atoms with van der Waals surface area (Å²) in [4.78, 5) is 4.21. The van der Waals surface area contributed by atoms with Gasteiger partial charge >= 0.3 is 0 Å². The number of hydrogen-bond donors (Lipinski definition) is 1. The lowest BCUT2D eigenvalue weighted by Crippen LogP contribution is -2.13. The number of rotatable bonds is 3. The van der Waals surface area contributed by atoms with E-state index in [1.165, 1.54) is 41.7 Å². The third-order valence-corrected chi connectivity index (χ3v) is 4.61. The SMILES string of the molecule is OC(CC1CCCc2ccccc21)c1nccs1. The number of aliphatic hydroxyl groups excluding tert-OH is 1. The van der Waals surface area contributed by atoms with Crippen LogP contribution in [-0.2, 0) is 6.42 Å². The van der Waals surface area contributed by atoms with Gasteiger partial charge < -0.3 is 5.11 Å². The van der Waals surface area contributed by atoms with Crippen molar-refractivity contribution in [1.82, 2.24) is 4.98 Å². The van der Waals surface area contributed by atoms with Gasteiger partial charge in [-0.2, -0.15) is 0 Å². The van der Waals surface area contributed by atoms with Gasteiger partial charge in [0.15, 0.2) is 0 Å². The van der Waals surface area contributed by atoms with Crippen LogP contribution >= 0.6 is 11.3 Å². The van der Waals surface area contributed by atoms with Gasteiger partial charge in [0.25, 0.3) is 0 Å². The molecule has 2 aromatic rings. The van der Waals surface area contributed by atoms with Crippen molar-refractivity contribution in [3.63, 3.8) is 0 Å². The van der Waals surface area contributed by atoms with E-state index < -0.39 is 6.10 Å². The molecule has 0 bridgehead atoms. The predicted octanol–water partition coefficient (Wildman–Crippen LogP) is 3.69. The van der Waals surface area contributed by atoms with E-state index in [4.69, 9.17) is 0 Å². The van der Waals surface area contributed by atoms with Gasteiger partial charge in [-0.25, -0.2) is 4.98 Å². The number of thiazole rings is 1. The molecule has 3 heteroatoms. The van der Waals surface area contributed by atoms with Crippen LogP contribution in [-0.4, -0.2) is 10.1 Å². The lowest BCUT2D eigenvalue weighted by atomic mass is 9.80. The van der Waals surface area contributed by atoms with Gasteiger partial charge in [0.05, 0.1) is 0 Å². The number of aryl methyl sites for hydroxylation is 1. The van der Waals surface area contributed by atoms with E-state index in [1.807, 2.05) is 5.38 Å². The Morgan fingerprint density at radius 3 is 3.11 bits per heavy atom. The Balaban J connectivity index is 1.78. The maximum atomic E-state index is 10.2. The molecule has 1 N–H and O–H groups in total. The molecular formula is C15H17NOS. The summed E-state index contributed by atoms with van der Waals surface area (Å²) in [6.45, 7) is 0. The fourth-order valence-corrected chi connectivity index (χ4v) is 3.50. The topological polar surface area (TPSA) is 33.1 Å². The van der Waals surface area contributed by atoms with Gasteiger partial charge in [-0.15, -0.1) is 11.3 Å². The van der Waals surface area contributed by atoms with E-state index in [0.29, 0.717) is 5.92 Å². The van der Waals surface area contributed by atoms with Crippen LogP contribution < -0.4 is 0 Å². The second kappa shape index (κ2) is 5.21. The maximum Gasteiger partial charge on any atom is 0.121 e. The van der Waals surface area contributed by atoms with E-state index >= 15 is 0 Å². The van der Waals surface area contributed by atoms with E-state index in [-0.39, 0.29) is 0 Å². The molecule has 2 nitrogen and oxygen atoms in total. The van der Waals surface area contributed by atoms with Gasteiger partial charge in [-0.05, 0) is 42.7 Å². The predicted molar refractivity (Wildman–Crippen MR) is 73.8 cm³/mol. The van der Waals surface area contributed by atoms with Crippen molar-refractivity contribution < 1.29 is 5.11 Å². The molecule has 94 valence electrons. The molecule has 0 saturated heterocycles. The molecule has 1 heterocycles. The quantitative estimate of drug-likeness (QED) is 0.912. The van der Waals surface area contributed by atoms with E-state index in [9.17, 15) is 5.11 Å². The van der Waals surface area contributed by atoms with Crippen molar-refractivity contribution in [2.75, 3.05) is 0 Å². The highest BCUT2D eigenvalue weighted by Crippen LogP contribution is 2.37. The molecular weight excluding hydrogens is 242 g/mol. The molecule has 1 aliphatic rings. The summed E-state index contributed by atoms with van der Waals surface area (Å²) in [6.07, 6.45) is 5.73. The molecule has 1 aliphatic carbocycles. The molecule has 2 unspecified atom stereocenters. The summed E-state index contributed by atoms with van der Waals surface area (Å²) in [5.74, 6) is 0.480.